The van der Waals surface area contributed by atoms with Crippen LogP contribution in [0, 0.1) is 0 Å². The maximum atomic E-state index is 13.7. The molecule has 9 heteroatoms. The fourth-order valence-electron chi connectivity index (χ4n) is 5.47. The van der Waals surface area contributed by atoms with Crippen LogP contribution in [0.3, 0.4) is 0 Å². The molecule has 0 bridgehead atoms. The summed E-state index contributed by atoms with van der Waals surface area (Å²) in [5.74, 6) is -0.149. The molecule has 41 heavy (non-hydrogen) atoms. The van der Waals surface area contributed by atoms with Crippen LogP contribution in [0.5, 0.6) is 0 Å². The average molecular weight is 556 g/mol. The SMILES string of the molecule is CC(C)(C)OC(=O)N[C@H]1CC[C@H](NC(=O)c2cc3ccc(C(N)=NO)cc3n2Cc2ccc3ccccc3c2)CC1. The molecule has 1 fully saturated rings. The summed E-state index contributed by atoms with van der Waals surface area (Å²) in [4.78, 5) is 25.9. The summed E-state index contributed by atoms with van der Waals surface area (Å²) in [5.41, 5.74) is 8.33. The number of fused-ring (bicyclic) bond motifs is 2. The van der Waals surface area contributed by atoms with E-state index in [4.69, 9.17) is 10.5 Å². The molecule has 2 amide bonds. The lowest BCUT2D eigenvalue weighted by atomic mass is 9.91. The maximum Gasteiger partial charge on any atom is 0.407 e. The summed E-state index contributed by atoms with van der Waals surface area (Å²) < 4.78 is 7.37. The molecule has 0 atom stereocenters. The number of oxime groups is 1. The van der Waals surface area contributed by atoms with Crippen molar-refractivity contribution in [1.29, 1.82) is 0 Å². The van der Waals surface area contributed by atoms with Gasteiger partial charge in [0.05, 0.1) is 0 Å². The van der Waals surface area contributed by atoms with Crippen molar-refractivity contribution < 1.29 is 19.5 Å². The second kappa shape index (κ2) is 11.5. The minimum absolute atomic E-state index is 0.000884. The van der Waals surface area contributed by atoms with Crippen molar-refractivity contribution in [2.45, 2.75) is 70.7 Å². The topological polar surface area (TPSA) is 131 Å². The molecule has 3 aromatic carbocycles. The molecule has 0 unspecified atom stereocenters. The maximum absolute atomic E-state index is 13.7. The van der Waals surface area contributed by atoms with E-state index in [1.165, 1.54) is 0 Å². The minimum atomic E-state index is -0.544. The van der Waals surface area contributed by atoms with Gasteiger partial charge in [0, 0.05) is 35.1 Å². The van der Waals surface area contributed by atoms with Crippen molar-refractivity contribution in [1.82, 2.24) is 15.2 Å². The predicted octanol–water partition coefficient (Wildman–Crippen LogP) is 5.50. The second-order valence-corrected chi connectivity index (χ2v) is 11.7. The number of benzene rings is 3. The van der Waals surface area contributed by atoms with Crippen LogP contribution in [0.2, 0.25) is 0 Å². The molecule has 0 aliphatic heterocycles. The number of amidine groups is 1. The first-order valence-electron chi connectivity index (χ1n) is 14.0. The van der Waals surface area contributed by atoms with Gasteiger partial charge in [-0.1, -0.05) is 53.7 Å². The van der Waals surface area contributed by atoms with Crippen LogP contribution >= 0.6 is 0 Å². The smallest absolute Gasteiger partial charge is 0.407 e. The number of aromatic nitrogens is 1. The molecule has 4 aromatic rings. The fraction of sp³-hybridized carbons (Fsp3) is 0.344. The van der Waals surface area contributed by atoms with Gasteiger partial charge in [-0.2, -0.15) is 0 Å². The molecule has 5 rings (SSSR count). The molecule has 0 radical (unpaired) electrons. The number of nitrogens with one attached hydrogen (secondary N) is 2. The van der Waals surface area contributed by atoms with Crippen LogP contribution in [0.1, 0.15) is 68.1 Å². The molecule has 0 saturated heterocycles. The number of alkyl carbamates (subject to hydrolysis) is 1. The second-order valence-electron chi connectivity index (χ2n) is 11.7. The van der Waals surface area contributed by atoms with Gasteiger partial charge in [0.15, 0.2) is 5.84 Å². The lowest BCUT2D eigenvalue weighted by Gasteiger charge is -2.30. The van der Waals surface area contributed by atoms with Crippen LogP contribution in [-0.2, 0) is 11.3 Å². The first-order chi connectivity index (χ1) is 19.6. The lowest BCUT2D eigenvalue weighted by Crippen LogP contribution is -2.45. The first kappa shape index (κ1) is 28.0. The van der Waals surface area contributed by atoms with Gasteiger partial charge >= 0.3 is 6.09 Å². The first-order valence-corrected chi connectivity index (χ1v) is 14.0. The van der Waals surface area contributed by atoms with Gasteiger partial charge in [0.25, 0.3) is 5.91 Å². The van der Waals surface area contributed by atoms with Crippen LogP contribution in [0.15, 0.2) is 71.9 Å². The van der Waals surface area contributed by atoms with E-state index >= 15 is 0 Å². The highest BCUT2D eigenvalue weighted by Gasteiger charge is 2.27. The zero-order valence-electron chi connectivity index (χ0n) is 23.7. The summed E-state index contributed by atoms with van der Waals surface area (Å²) in [5, 5.41) is 21.7. The molecule has 9 nitrogen and oxygen atoms in total. The summed E-state index contributed by atoms with van der Waals surface area (Å²) in [6, 6.07) is 21.9. The quantitative estimate of drug-likeness (QED) is 0.108. The summed E-state index contributed by atoms with van der Waals surface area (Å²) in [7, 11) is 0. The number of nitrogens with two attached hydrogens (primary N) is 1. The number of rotatable bonds is 6. The van der Waals surface area contributed by atoms with Crippen molar-refractivity contribution in [3.63, 3.8) is 0 Å². The Morgan fingerprint density at radius 1 is 0.927 bits per heavy atom. The summed E-state index contributed by atoms with van der Waals surface area (Å²) in [6.07, 6.45) is 2.62. The number of hydrogen-bond donors (Lipinski definition) is 4. The zero-order valence-corrected chi connectivity index (χ0v) is 23.7. The molecule has 214 valence electrons. The number of hydrogen-bond acceptors (Lipinski definition) is 5. The summed E-state index contributed by atoms with van der Waals surface area (Å²) in [6.45, 7) is 6.00. The minimum Gasteiger partial charge on any atom is -0.444 e. The van der Waals surface area contributed by atoms with Crippen molar-refractivity contribution in [3.8, 4) is 0 Å². The Labute approximate surface area is 239 Å². The molecule has 1 aliphatic rings. The number of carbonyl (C=O) groups excluding carboxylic acids is 2. The Morgan fingerprint density at radius 3 is 2.27 bits per heavy atom. The highest BCUT2D eigenvalue weighted by atomic mass is 16.6. The van der Waals surface area contributed by atoms with Crippen LogP contribution < -0.4 is 16.4 Å². The van der Waals surface area contributed by atoms with Crippen molar-refractivity contribution in [3.05, 3.63) is 83.6 Å². The molecule has 5 N–H and O–H groups in total. The Hall–Kier alpha value is -4.53. The van der Waals surface area contributed by atoms with Gasteiger partial charge < -0.3 is 30.9 Å². The highest BCUT2D eigenvalue weighted by Crippen LogP contribution is 2.26. The summed E-state index contributed by atoms with van der Waals surface area (Å²) >= 11 is 0. The van der Waals surface area contributed by atoms with E-state index in [1.807, 2.05) is 55.7 Å². The average Bonchev–Trinajstić information content (AvgIpc) is 3.30. The van der Waals surface area contributed by atoms with E-state index in [9.17, 15) is 14.8 Å². The largest absolute Gasteiger partial charge is 0.444 e. The van der Waals surface area contributed by atoms with Crippen LogP contribution in [-0.4, -0.2) is 45.3 Å². The van der Waals surface area contributed by atoms with E-state index in [-0.39, 0.29) is 23.8 Å². The Kier molecular flexibility index (Phi) is 7.88. The highest BCUT2D eigenvalue weighted by molar-refractivity contribution is 6.03. The van der Waals surface area contributed by atoms with E-state index in [0.29, 0.717) is 17.8 Å². The predicted molar refractivity (Wildman–Crippen MR) is 160 cm³/mol. The molecule has 1 heterocycles. The van der Waals surface area contributed by atoms with E-state index in [1.54, 1.807) is 6.07 Å². The van der Waals surface area contributed by atoms with E-state index in [0.717, 1.165) is 52.9 Å². The molecule has 0 spiro atoms. The van der Waals surface area contributed by atoms with Gasteiger partial charge in [0.2, 0.25) is 0 Å². The molecule has 1 aliphatic carbocycles. The molecule has 1 saturated carbocycles. The third-order valence-electron chi connectivity index (χ3n) is 7.48. The van der Waals surface area contributed by atoms with Crippen molar-refractivity contribution in [2.24, 2.45) is 10.9 Å². The molecular weight excluding hydrogens is 518 g/mol. The number of ether oxygens (including phenoxy) is 1. The van der Waals surface area contributed by atoms with Crippen LogP contribution in [0.25, 0.3) is 21.7 Å². The van der Waals surface area contributed by atoms with Gasteiger partial charge in [-0.15, -0.1) is 0 Å². The number of nitrogens with zero attached hydrogens (tertiary/aromatic N) is 2. The van der Waals surface area contributed by atoms with Gasteiger partial charge in [-0.25, -0.2) is 4.79 Å². The van der Waals surface area contributed by atoms with Gasteiger partial charge in [0.1, 0.15) is 11.3 Å². The van der Waals surface area contributed by atoms with Gasteiger partial charge in [-0.3, -0.25) is 4.79 Å². The van der Waals surface area contributed by atoms with E-state index in [2.05, 4.69) is 46.1 Å². The third kappa shape index (κ3) is 6.62. The van der Waals surface area contributed by atoms with Crippen molar-refractivity contribution in [2.75, 3.05) is 0 Å². The van der Waals surface area contributed by atoms with Crippen LogP contribution in [0.4, 0.5) is 4.79 Å². The number of amides is 2. The lowest BCUT2D eigenvalue weighted by molar-refractivity contribution is 0.0487. The zero-order chi connectivity index (χ0) is 29.1. The van der Waals surface area contributed by atoms with E-state index < -0.39 is 11.7 Å². The normalized spacial score (nSPS) is 17.9. The Bertz CT molecular complexity index is 1610. The fourth-order valence-corrected chi connectivity index (χ4v) is 5.47. The Balaban J connectivity index is 1.36. The number of carbonyl (C=O) groups is 2. The standard InChI is InChI=1S/C32H37N5O4/c1-32(2,3)41-31(39)35-26-14-12-25(13-15-26)34-30(38)28-17-23-10-11-24(29(33)36-40)18-27(23)37(28)19-20-8-9-21-6-4-5-7-22(21)16-20/h4-11,16-18,25-26,40H,12-15,19H2,1-3H3,(H2,33,36)(H,34,38)(H,35,39)/t25-,26-. The third-order valence-corrected chi connectivity index (χ3v) is 7.48. The van der Waals surface area contributed by atoms with Crippen molar-refractivity contribution >= 4 is 39.5 Å². The monoisotopic (exact) mass is 555 g/mol. The van der Waals surface area contributed by atoms with Gasteiger partial charge in [-0.05, 0) is 81.0 Å². The Morgan fingerprint density at radius 2 is 1.59 bits per heavy atom. The molecular formula is C32H37N5O4. The molecule has 1 aromatic heterocycles.